The first-order chi connectivity index (χ1) is 8.11. The van der Waals surface area contributed by atoms with Crippen LogP contribution < -0.4 is 0 Å². The van der Waals surface area contributed by atoms with Crippen molar-refractivity contribution < 1.29 is 4.74 Å². The van der Waals surface area contributed by atoms with Crippen LogP contribution in [-0.4, -0.2) is 17.6 Å². The van der Waals surface area contributed by atoms with Crippen molar-refractivity contribution in [1.29, 1.82) is 0 Å². The summed E-state index contributed by atoms with van der Waals surface area (Å²) in [5.74, 6) is 1.08. The van der Waals surface area contributed by atoms with E-state index in [1.807, 2.05) is 6.07 Å². The lowest BCUT2D eigenvalue weighted by Gasteiger charge is -2.22. The second kappa shape index (κ2) is 5.41. The van der Waals surface area contributed by atoms with Crippen molar-refractivity contribution in [3.8, 4) is 0 Å². The molecular formula is C15H21ClO. The molecule has 1 heterocycles. The molecule has 1 saturated heterocycles. The summed E-state index contributed by atoms with van der Waals surface area (Å²) >= 11 is 6.10. The van der Waals surface area contributed by atoms with E-state index < -0.39 is 0 Å². The molecule has 2 unspecified atom stereocenters. The number of alkyl halides is 1. The first-order valence-corrected chi connectivity index (χ1v) is 6.93. The van der Waals surface area contributed by atoms with Gasteiger partial charge in [-0.2, -0.15) is 0 Å². The van der Waals surface area contributed by atoms with E-state index in [-0.39, 0.29) is 5.60 Å². The maximum absolute atomic E-state index is 6.10. The van der Waals surface area contributed by atoms with Crippen molar-refractivity contribution >= 4 is 11.6 Å². The minimum atomic E-state index is 0.0538. The topological polar surface area (TPSA) is 9.23 Å². The summed E-state index contributed by atoms with van der Waals surface area (Å²) in [6.45, 7) is 4.34. The van der Waals surface area contributed by atoms with E-state index in [1.54, 1.807) is 0 Å². The summed E-state index contributed by atoms with van der Waals surface area (Å²) in [4.78, 5) is 0. The largest absolute Gasteiger partial charge is 0.372 e. The zero-order valence-electron chi connectivity index (χ0n) is 10.7. The van der Waals surface area contributed by atoms with Crippen LogP contribution in [0, 0.1) is 0 Å². The maximum Gasteiger partial charge on any atom is 0.0631 e. The molecule has 0 N–H and O–H groups in total. The van der Waals surface area contributed by atoms with E-state index in [0.29, 0.717) is 17.9 Å². The Morgan fingerprint density at radius 1 is 1.35 bits per heavy atom. The van der Waals surface area contributed by atoms with Crippen LogP contribution in [-0.2, 0) is 4.74 Å². The molecular weight excluding hydrogens is 232 g/mol. The molecule has 0 spiro atoms. The average Bonchev–Trinajstić information content (AvgIpc) is 2.67. The molecule has 94 valence electrons. The molecule has 0 radical (unpaired) electrons. The quantitative estimate of drug-likeness (QED) is 0.724. The van der Waals surface area contributed by atoms with Crippen LogP contribution in [0.1, 0.15) is 44.6 Å². The van der Waals surface area contributed by atoms with Gasteiger partial charge in [0, 0.05) is 5.88 Å². The van der Waals surface area contributed by atoms with Crippen LogP contribution in [0.4, 0.5) is 0 Å². The van der Waals surface area contributed by atoms with Gasteiger partial charge in [0.15, 0.2) is 0 Å². The van der Waals surface area contributed by atoms with Gasteiger partial charge in [0.05, 0.1) is 11.7 Å². The minimum absolute atomic E-state index is 0.0538. The van der Waals surface area contributed by atoms with E-state index in [9.17, 15) is 0 Å². The zero-order valence-corrected chi connectivity index (χ0v) is 11.4. The van der Waals surface area contributed by atoms with Crippen LogP contribution in [0.15, 0.2) is 30.3 Å². The van der Waals surface area contributed by atoms with E-state index in [2.05, 4.69) is 38.1 Å². The number of halogens is 1. The van der Waals surface area contributed by atoms with Gasteiger partial charge in [-0.15, -0.1) is 11.6 Å². The normalized spacial score (nSPS) is 24.8. The number of rotatable bonds is 4. The van der Waals surface area contributed by atoms with Gasteiger partial charge in [0.1, 0.15) is 0 Å². The Labute approximate surface area is 109 Å². The fraction of sp³-hybridized carbons (Fsp3) is 0.600. The van der Waals surface area contributed by atoms with Gasteiger partial charge in [-0.25, -0.2) is 0 Å². The summed E-state index contributed by atoms with van der Waals surface area (Å²) in [7, 11) is 0. The second-order valence-corrected chi connectivity index (χ2v) is 5.84. The predicted molar refractivity (Wildman–Crippen MR) is 72.7 cm³/mol. The van der Waals surface area contributed by atoms with Crippen molar-refractivity contribution in [3.05, 3.63) is 35.9 Å². The number of hydrogen-bond acceptors (Lipinski definition) is 1. The fourth-order valence-corrected chi connectivity index (χ4v) is 2.88. The number of benzene rings is 1. The SMILES string of the molecule is CC1(C)CCC(CC(CCl)c2ccccc2)O1. The molecule has 2 atom stereocenters. The molecule has 1 aromatic rings. The molecule has 0 bridgehead atoms. The van der Waals surface area contributed by atoms with Crippen LogP contribution in [0.2, 0.25) is 0 Å². The van der Waals surface area contributed by atoms with Gasteiger partial charge in [-0.05, 0) is 44.6 Å². The molecule has 1 nitrogen and oxygen atoms in total. The highest BCUT2D eigenvalue weighted by molar-refractivity contribution is 6.18. The molecule has 1 fully saturated rings. The molecule has 1 aliphatic heterocycles. The summed E-state index contributed by atoms with van der Waals surface area (Å²) in [6, 6.07) is 10.5. The average molecular weight is 253 g/mol. The molecule has 17 heavy (non-hydrogen) atoms. The number of ether oxygens (including phenoxy) is 1. The van der Waals surface area contributed by atoms with Crippen molar-refractivity contribution in [2.24, 2.45) is 0 Å². The molecule has 1 aliphatic rings. The summed E-state index contributed by atoms with van der Waals surface area (Å²) < 4.78 is 6.04. The maximum atomic E-state index is 6.10. The molecule has 2 heteroatoms. The van der Waals surface area contributed by atoms with Gasteiger partial charge in [-0.1, -0.05) is 30.3 Å². The first-order valence-electron chi connectivity index (χ1n) is 6.39. The van der Waals surface area contributed by atoms with Gasteiger partial charge in [-0.3, -0.25) is 0 Å². The molecule has 0 aromatic heterocycles. The fourth-order valence-electron chi connectivity index (χ4n) is 2.57. The summed E-state index contributed by atoms with van der Waals surface area (Å²) in [6.07, 6.45) is 3.72. The molecule has 1 aromatic carbocycles. The van der Waals surface area contributed by atoms with Gasteiger partial charge < -0.3 is 4.74 Å². The monoisotopic (exact) mass is 252 g/mol. The highest BCUT2D eigenvalue weighted by atomic mass is 35.5. The van der Waals surface area contributed by atoms with Crippen molar-refractivity contribution in [2.75, 3.05) is 5.88 Å². The Hall–Kier alpha value is -0.530. The Balaban J connectivity index is 1.97. The third-order valence-corrected chi connectivity index (χ3v) is 3.93. The highest BCUT2D eigenvalue weighted by Gasteiger charge is 2.32. The first kappa shape index (κ1) is 12.9. The minimum Gasteiger partial charge on any atom is -0.372 e. The van der Waals surface area contributed by atoms with E-state index in [4.69, 9.17) is 16.3 Å². The van der Waals surface area contributed by atoms with Gasteiger partial charge in [0.2, 0.25) is 0 Å². The van der Waals surface area contributed by atoms with Gasteiger partial charge in [0.25, 0.3) is 0 Å². The summed E-state index contributed by atoms with van der Waals surface area (Å²) in [5.41, 5.74) is 1.38. The highest BCUT2D eigenvalue weighted by Crippen LogP contribution is 2.35. The molecule has 2 rings (SSSR count). The third kappa shape index (κ3) is 3.46. The second-order valence-electron chi connectivity index (χ2n) is 5.54. The third-order valence-electron chi connectivity index (χ3n) is 3.56. The van der Waals surface area contributed by atoms with Crippen molar-refractivity contribution in [1.82, 2.24) is 0 Å². The van der Waals surface area contributed by atoms with Crippen LogP contribution in [0.5, 0.6) is 0 Å². The van der Waals surface area contributed by atoms with E-state index in [1.165, 1.54) is 5.56 Å². The van der Waals surface area contributed by atoms with Crippen LogP contribution >= 0.6 is 11.6 Å². The Morgan fingerprint density at radius 2 is 2.06 bits per heavy atom. The Morgan fingerprint density at radius 3 is 2.59 bits per heavy atom. The Bertz CT molecular complexity index is 347. The summed E-state index contributed by atoms with van der Waals surface area (Å²) in [5, 5.41) is 0. The van der Waals surface area contributed by atoms with Crippen molar-refractivity contribution in [2.45, 2.75) is 50.7 Å². The lowest BCUT2D eigenvalue weighted by atomic mass is 9.93. The van der Waals surface area contributed by atoms with E-state index in [0.717, 1.165) is 19.3 Å². The Kier molecular flexibility index (Phi) is 4.11. The lowest BCUT2D eigenvalue weighted by molar-refractivity contribution is -0.0202. The van der Waals surface area contributed by atoms with Crippen LogP contribution in [0.3, 0.4) is 0 Å². The predicted octanol–water partition coefficient (Wildman–Crippen LogP) is 4.36. The lowest BCUT2D eigenvalue weighted by Crippen LogP contribution is -2.21. The molecule has 0 saturated carbocycles. The van der Waals surface area contributed by atoms with E-state index >= 15 is 0 Å². The van der Waals surface area contributed by atoms with Gasteiger partial charge >= 0.3 is 0 Å². The molecule has 0 amide bonds. The molecule has 0 aliphatic carbocycles. The van der Waals surface area contributed by atoms with Crippen LogP contribution in [0.25, 0.3) is 0 Å². The standard InChI is InChI=1S/C15H21ClO/c1-15(2)9-8-14(17-15)10-13(11-16)12-6-4-3-5-7-12/h3-7,13-14H,8-11H2,1-2H3. The van der Waals surface area contributed by atoms with Crippen molar-refractivity contribution in [3.63, 3.8) is 0 Å². The number of hydrogen-bond donors (Lipinski definition) is 0. The zero-order chi connectivity index (χ0) is 12.3. The smallest absolute Gasteiger partial charge is 0.0631 e.